The number of hydrogen-bond donors (Lipinski definition) is 1. The first kappa shape index (κ1) is 14.7. The molecule has 1 N–H and O–H groups in total. The van der Waals surface area contributed by atoms with Crippen LogP contribution in [0.15, 0.2) is 16.6 Å². The van der Waals surface area contributed by atoms with Crippen LogP contribution < -0.4 is 5.32 Å². The Morgan fingerprint density at radius 2 is 2.26 bits per heavy atom. The van der Waals surface area contributed by atoms with Crippen LogP contribution in [-0.4, -0.2) is 24.0 Å². The average molecular weight is 346 g/mol. The van der Waals surface area contributed by atoms with Gasteiger partial charge in [-0.2, -0.15) is 0 Å². The predicted octanol–water partition coefficient (Wildman–Crippen LogP) is 4.67. The van der Waals surface area contributed by atoms with Gasteiger partial charge in [0.1, 0.15) is 0 Å². The third-order valence-electron chi connectivity index (χ3n) is 3.45. The molecule has 1 aliphatic rings. The van der Waals surface area contributed by atoms with Crippen molar-refractivity contribution in [3.8, 4) is 0 Å². The van der Waals surface area contributed by atoms with E-state index < -0.39 is 0 Å². The van der Waals surface area contributed by atoms with E-state index in [1.54, 1.807) is 6.07 Å². The molecule has 104 valence electrons. The van der Waals surface area contributed by atoms with E-state index >= 15 is 0 Å². The lowest BCUT2D eigenvalue weighted by Crippen LogP contribution is -2.41. The molecular formula is C14H18BrClN2O. The Balaban J connectivity index is 2.08. The second-order valence-electron chi connectivity index (χ2n) is 5.20. The third-order valence-corrected chi connectivity index (χ3v) is 4.65. The smallest absolute Gasteiger partial charge is 0.321 e. The molecular weight excluding hydrogens is 328 g/mol. The van der Waals surface area contributed by atoms with Crippen LogP contribution in [0.4, 0.5) is 10.5 Å². The van der Waals surface area contributed by atoms with E-state index in [9.17, 15) is 4.79 Å². The molecule has 0 spiro atoms. The summed E-state index contributed by atoms with van der Waals surface area (Å²) >= 11 is 9.44. The Bertz CT molecular complexity index is 493. The highest BCUT2D eigenvalue weighted by Gasteiger charge is 2.21. The average Bonchev–Trinajstić information content (AvgIpc) is 2.36. The van der Waals surface area contributed by atoms with Crippen molar-refractivity contribution in [1.82, 2.24) is 4.90 Å². The van der Waals surface area contributed by atoms with Crippen LogP contribution in [-0.2, 0) is 0 Å². The first-order valence-electron chi connectivity index (χ1n) is 6.49. The number of benzene rings is 1. The molecule has 0 radical (unpaired) electrons. The summed E-state index contributed by atoms with van der Waals surface area (Å²) in [5, 5.41) is 3.55. The number of hydrogen-bond acceptors (Lipinski definition) is 1. The Hall–Kier alpha value is -0.740. The Kier molecular flexibility index (Phi) is 4.74. The number of anilines is 1. The first-order valence-corrected chi connectivity index (χ1v) is 7.66. The maximum Gasteiger partial charge on any atom is 0.321 e. The molecule has 1 saturated heterocycles. The van der Waals surface area contributed by atoms with Crippen LogP contribution in [0, 0.1) is 12.8 Å². The number of likely N-dealkylation sites (tertiary alicyclic amines) is 1. The molecule has 19 heavy (non-hydrogen) atoms. The Morgan fingerprint density at radius 1 is 1.53 bits per heavy atom. The highest BCUT2D eigenvalue weighted by atomic mass is 79.9. The number of urea groups is 1. The van der Waals surface area contributed by atoms with Crippen LogP contribution in [0.3, 0.4) is 0 Å². The molecule has 3 nitrogen and oxygen atoms in total. The molecule has 2 rings (SSSR count). The van der Waals surface area contributed by atoms with Crippen molar-refractivity contribution < 1.29 is 4.79 Å². The van der Waals surface area contributed by atoms with Crippen molar-refractivity contribution in [3.63, 3.8) is 0 Å². The number of nitrogens with one attached hydrogen (secondary N) is 1. The minimum Gasteiger partial charge on any atom is -0.324 e. The van der Waals surface area contributed by atoms with E-state index in [-0.39, 0.29) is 6.03 Å². The zero-order valence-electron chi connectivity index (χ0n) is 11.2. The SMILES string of the molecule is Cc1cc(Br)c(Cl)cc1NC(=O)N1CCCC(C)C1. The van der Waals surface area contributed by atoms with Gasteiger partial charge in [0.2, 0.25) is 0 Å². The molecule has 0 aromatic heterocycles. The number of carbonyl (C=O) groups excluding carboxylic acids is 1. The molecule has 1 fully saturated rings. The topological polar surface area (TPSA) is 32.3 Å². The second kappa shape index (κ2) is 6.14. The summed E-state index contributed by atoms with van der Waals surface area (Å²) in [5.41, 5.74) is 1.77. The fourth-order valence-corrected chi connectivity index (χ4v) is 2.97. The minimum absolute atomic E-state index is 0.0342. The zero-order chi connectivity index (χ0) is 14.0. The van der Waals surface area contributed by atoms with E-state index in [0.29, 0.717) is 10.9 Å². The van der Waals surface area contributed by atoms with Crippen LogP contribution in [0.25, 0.3) is 0 Å². The van der Waals surface area contributed by atoms with Gasteiger partial charge in [0.05, 0.1) is 5.02 Å². The third kappa shape index (κ3) is 3.63. The molecule has 1 atom stereocenters. The molecule has 0 bridgehead atoms. The monoisotopic (exact) mass is 344 g/mol. The van der Waals surface area contributed by atoms with E-state index in [1.165, 1.54) is 6.42 Å². The summed E-state index contributed by atoms with van der Waals surface area (Å²) in [6.07, 6.45) is 2.28. The molecule has 5 heteroatoms. The lowest BCUT2D eigenvalue weighted by atomic mass is 10.0. The van der Waals surface area contributed by atoms with Gasteiger partial charge in [0.25, 0.3) is 0 Å². The van der Waals surface area contributed by atoms with Crippen LogP contribution in [0.2, 0.25) is 5.02 Å². The normalized spacial score (nSPS) is 19.4. The molecule has 0 aliphatic carbocycles. The molecule has 1 aromatic carbocycles. The summed E-state index contributed by atoms with van der Waals surface area (Å²) < 4.78 is 0.844. The van der Waals surface area contributed by atoms with Crippen molar-refractivity contribution in [2.75, 3.05) is 18.4 Å². The lowest BCUT2D eigenvalue weighted by Gasteiger charge is -2.31. The second-order valence-corrected chi connectivity index (χ2v) is 6.47. The highest BCUT2D eigenvalue weighted by molar-refractivity contribution is 9.10. The number of piperidine rings is 1. The quantitative estimate of drug-likeness (QED) is 0.788. The van der Waals surface area contributed by atoms with Crippen LogP contribution in [0.1, 0.15) is 25.3 Å². The number of amides is 2. The van der Waals surface area contributed by atoms with Gasteiger partial charge >= 0.3 is 6.03 Å². The fraction of sp³-hybridized carbons (Fsp3) is 0.500. The van der Waals surface area contributed by atoms with Gasteiger partial charge in [-0.3, -0.25) is 0 Å². The fourth-order valence-electron chi connectivity index (χ4n) is 2.35. The first-order chi connectivity index (χ1) is 8.97. The molecule has 1 unspecified atom stereocenters. The van der Waals surface area contributed by atoms with Crippen molar-refractivity contribution in [1.29, 1.82) is 0 Å². The lowest BCUT2D eigenvalue weighted by molar-refractivity contribution is 0.182. The summed E-state index contributed by atoms with van der Waals surface area (Å²) in [7, 11) is 0. The molecule has 1 heterocycles. The molecule has 1 aliphatic heterocycles. The number of nitrogens with zero attached hydrogens (tertiary/aromatic N) is 1. The standard InChI is InChI=1S/C14H18BrClN2O/c1-9-4-3-5-18(8-9)14(19)17-13-7-12(16)11(15)6-10(13)2/h6-7,9H,3-5,8H2,1-2H3,(H,17,19). The van der Waals surface area contributed by atoms with Crippen molar-refractivity contribution in [3.05, 3.63) is 27.2 Å². The van der Waals surface area contributed by atoms with Gasteiger partial charge in [-0.05, 0) is 59.3 Å². The van der Waals surface area contributed by atoms with E-state index in [4.69, 9.17) is 11.6 Å². The number of halogens is 2. The maximum atomic E-state index is 12.2. The van der Waals surface area contributed by atoms with Gasteiger partial charge in [0, 0.05) is 23.2 Å². The van der Waals surface area contributed by atoms with Crippen molar-refractivity contribution in [2.45, 2.75) is 26.7 Å². The van der Waals surface area contributed by atoms with E-state index in [1.807, 2.05) is 17.9 Å². The van der Waals surface area contributed by atoms with Crippen molar-refractivity contribution >= 4 is 39.2 Å². The van der Waals surface area contributed by atoms with E-state index in [0.717, 1.165) is 35.2 Å². The maximum absolute atomic E-state index is 12.2. The summed E-state index contributed by atoms with van der Waals surface area (Å²) in [5.74, 6) is 0.578. The van der Waals surface area contributed by atoms with Gasteiger partial charge in [-0.15, -0.1) is 0 Å². The van der Waals surface area contributed by atoms with Crippen LogP contribution >= 0.6 is 27.5 Å². The largest absolute Gasteiger partial charge is 0.324 e. The van der Waals surface area contributed by atoms with Crippen molar-refractivity contribution in [2.24, 2.45) is 5.92 Å². The van der Waals surface area contributed by atoms with Gasteiger partial charge in [-0.25, -0.2) is 4.79 Å². The highest BCUT2D eigenvalue weighted by Crippen LogP contribution is 2.29. The van der Waals surface area contributed by atoms with Gasteiger partial charge in [-0.1, -0.05) is 18.5 Å². The predicted molar refractivity (Wildman–Crippen MR) is 82.9 cm³/mol. The number of carbonyl (C=O) groups is 1. The number of aryl methyl sites for hydroxylation is 1. The number of rotatable bonds is 1. The zero-order valence-corrected chi connectivity index (χ0v) is 13.5. The summed E-state index contributed by atoms with van der Waals surface area (Å²) in [6.45, 7) is 5.80. The molecule has 2 amide bonds. The van der Waals surface area contributed by atoms with Gasteiger partial charge < -0.3 is 10.2 Å². The summed E-state index contributed by atoms with van der Waals surface area (Å²) in [6, 6.07) is 3.66. The molecule has 0 saturated carbocycles. The van der Waals surface area contributed by atoms with Gasteiger partial charge in [0.15, 0.2) is 0 Å². The minimum atomic E-state index is -0.0342. The summed E-state index contributed by atoms with van der Waals surface area (Å²) in [4.78, 5) is 14.1. The Labute approximate surface area is 127 Å². The van der Waals surface area contributed by atoms with E-state index in [2.05, 4.69) is 28.2 Å². The van der Waals surface area contributed by atoms with Crippen LogP contribution in [0.5, 0.6) is 0 Å². The Morgan fingerprint density at radius 3 is 2.95 bits per heavy atom. The molecule has 1 aromatic rings.